The molecule has 1 aromatic rings. The number of hydrogen-bond donors (Lipinski definition) is 2. The smallest absolute Gasteiger partial charge is 0.261 e. The fourth-order valence-corrected chi connectivity index (χ4v) is 2.04. The summed E-state index contributed by atoms with van der Waals surface area (Å²) in [6.07, 6.45) is -2.62. The van der Waals surface area contributed by atoms with Crippen molar-refractivity contribution in [3.8, 4) is 0 Å². The minimum Gasteiger partial charge on any atom is -0.375 e. The van der Waals surface area contributed by atoms with Crippen molar-refractivity contribution in [3.05, 3.63) is 29.8 Å². The molecule has 1 rings (SSSR count). The van der Waals surface area contributed by atoms with Gasteiger partial charge in [-0.2, -0.15) is 0 Å². The van der Waals surface area contributed by atoms with Crippen LogP contribution < -0.4 is 10.5 Å². The van der Waals surface area contributed by atoms with Crippen molar-refractivity contribution < 1.29 is 26.7 Å². The Balaban J connectivity index is 2.40. The molecule has 0 aliphatic rings. The van der Waals surface area contributed by atoms with Gasteiger partial charge in [-0.1, -0.05) is 12.1 Å². The van der Waals surface area contributed by atoms with E-state index in [1.54, 1.807) is 6.07 Å². The SMILES string of the molecule is NS(=O)(=O)c1cccc(CNC(=O)CCOCC(F)F)c1. The summed E-state index contributed by atoms with van der Waals surface area (Å²) in [5.41, 5.74) is 0.559. The van der Waals surface area contributed by atoms with E-state index in [0.717, 1.165) is 0 Å². The Bertz CT molecular complexity index is 578. The van der Waals surface area contributed by atoms with Crippen molar-refractivity contribution in [3.63, 3.8) is 0 Å². The predicted molar refractivity (Wildman–Crippen MR) is 71.1 cm³/mol. The molecule has 1 amide bonds. The maximum atomic E-state index is 11.8. The van der Waals surface area contributed by atoms with Crippen molar-refractivity contribution in [2.24, 2.45) is 5.14 Å². The highest BCUT2D eigenvalue weighted by Crippen LogP contribution is 2.09. The summed E-state index contributed by atoms with van der Waals surface area (Å²) in [5, 5.41) is 7.52. The molecule has 0 saturated carbocycles. The number of sulfonamides is 1. The molecule has 3 N–H and O–H groups in total. The quantitative estimate of drug-likeness (QED) is 0.686. The van der Waals surface area contributed by atoms with Crippen LogP contribution in [0.15, 0.2) is 29.2 Å². The van der Waals surface area contributed by atoms with E-state index >= 15 is 0 Å². The van der Waals surface area contributed by atoms with Gasteiger partial charge in [-0.05, 0) is 17.7 Å². The molecule has 118 valence electrons. The third kappa shape index (κ3) is 7.11. The molecule has 0 radical (unpaired) electrons. The number of hydrogen-bond acceptors (Lipinski definition) is 4. The maximum absolute atomic E-state index is 11.8. The highest BCUT2D eigenvalue weighted by molar-refractivity contribution is 7.89. The number of rotatable bonds is 8. The van der Waals surface area contributed by atoms with Crippen LogP contribution >= 0.6 is 0 Å². The van der Waals surface area contributed by atoms with E-state index in [-0.39, 0.29) is 30.4 Å². The van der Waals surface area contributed by atoms with Crippen molar-refractivity contribution in [1.29, 1.82) is 0 Å². The number of nitrogens with two attached hydrogens (primary N) is 1. The van der Waals surface area contributed by atoms with Crippen LogP contribution in [-0.2, 0) is 26.1 Å². The average molecular weight is 322 g/mol. The van der Waals surface area contributed by atoms with Crippen LogP contribution in [0, 0.1) is 0 Å². The number of carbonyl (C=O) groups is 1. The van der Waals surface area contributed by atoms with Crippen molar-refractivity contribution in [2.75, 3.05) is 13.2 Å². The molecule has 0 bridgehead atoms. The van der Waals surface area contributed by atoms with Gasteiger partial charge in [0.2, 0.25) is 15.9 Å². The Labute approximate surface area is 121 Å². The fourth-order valence-electron chi connectivity index (χ4n) is 1.46. The third-order valence-corrected chi connectivity index (χ3v) is 3.34. The van der Waals surface area contributed by atoms with E-state index < -0.39 is 23.1 Å². The molecule has 0 aromatic heterocycles. The lowest BCUT2D eigenvalue weighted by molar-refractivity contribution is -0.122. The molecule has 0 aliphatic carbocycles. The van der Waals surface area contributed by atoms with Gasteiger partial charge in [0.1, 0.15) is 6.61 Å². The molecule has 0 heterocycles. The van der Waals surface area contributed by atoms with E-state index in [0.29, 0.717) is 5.56 Å². The Morgan fingerprint density at radius 2 is 2.10 bits per heavy atom. The van der Waals surface area contributed by atoms with Crippen LogP contribution in [0.5, 0.6) is 0 Å². The molecular weight excluding hydrogens is 306 g/mol. The van der Waals surface area contributed by atoms with Gasteiger partial charge in [0.25, 0.3) is 6.43 Å². The number of benzene rings is 1. The Morgan fingerprint density at radius 3 is 2.71 bits per heavy atom. The average Bonchev–Trinajstić information content (AvgIpc) is 2.40. The van der Waals surface area contributed by atoms with Gasteiger partial charge in [-0.15, -0.1) is 0 Å². The predicted octanol–water partition coefficient (Wildman–Crippen LogP) is 0.622. The van der Waals surface area contributed by atoms with Gasteiger partial charge in [0.15, 0.2) is 0 Å². The zero-order chi connectivity index (χ0) is 15.9. The number of amides is 1. The summed E-state index contributed by atoms with van der Waals surface area (Å²) < 4.78 is 50.5. The first-order valence-corrected chi connectivity index (χ1v) is 7.58. The molecule has 0 spiro atoms. The Kier molecular flexibility index (Phi) is 6.66. The van der Waals surface area contributed by atoms with E-state index in [2.05, 4.69) is 10.1 Å². The molecule has 6 nitrogen and oxygen atoms in total. The molecule has 0 aliphatic heterocycles. The Hall–Kier alpha value is -1.58. The van der Waals surface area contributed by atoms with Gasteiger partial charge in [-0.3, -0.25) is 4.79 Å². The summed E-state index contributed by atoms with van der Waals surface area (Å²) in [4.78, 5) is 11.4. The molecule has 1 aromatic carbocycles. The molecule has 9 heteroatoms. The fraction of sp³-hybridized carbons (Fsp3) is 0.417. The first kappa shape index (κ1) is 17.5. The zero-order valence-electron chi connectivity index (χ0n) is 11.1. The van der Waals surface area contributed by atoms with Gasteiger partial charge >= 0.3 is 0 Å². The van der Waals surface area contributed by atoms with E-state index in [4.69, 9.17) is 5.14 Å². The number of carbonyl (C=O) groups excluding carboxylic acids is 1. The second kappa shape index (κ2) is 8.01. The summed E-state index contributed by atoms with van der Waals surface area (Å²) in [6, 6.07) is 5.83. The maximum Gasteiger partial charge on any atom is 0.261 e. The highest BCUT2D eigenvalue weighted by atomic mass is 32.2. The lowest BCUT2D eigenvalue weighted by atomic mass is 10.2. The first-order chi connectivity index (χ1) is 9.79. The van der Waals surface area contributed by atoms with Crippen LogP contribution in [0.2, 0.25) is 0 Å². The second-order valence-corrected chi connectivity index (χ2v) is 5.75. The molecule has 21 heavy (non-hydrogen) atoms. The molecule has 0 atom stereocenters. The van der Waals surface area contributed by atoms with Gasteiger partial charge in [0.05, 0.1) is 11.5 Å². The topological polar surface area (TPSA) is 98.5 Å². The van der Waals surface area contributed by atoms with E-state index in [1.807, 2.05) is 0 Å². The van der Waals surface area contributed by atoms with E-state index in [9.17, 15) is 22.0 Å². The summed E-state index contributed by atoms with van der Waals surface area (Å²) in [5.74, 6) is -0.384. The van der Waals surface area contributed by atoms with Crippen LogP contribution in [0.1, 0.15) is 12.0 Å². The normalized spacial score (nSPS) is 11.6. The monoisotopic (exact) mass is 322 g/mol. The van der Waals surface area contributed by atoms with Crippen LogP contribution in [-0.4, -0.2) is 34.0 Å². The summed E-state index contributed by atoms with van der Waals surface area (Å²) in [6.45, 7) is -0.700. The molecular formula is C12H16F2N2O4S. The van der Waals surface area contributed by atoms with Crippen LogP contribution in [0.4, 0.5) is 8.78 Å². The van der Waals surface area contributed by atoms with E-state index in [1.165, 1.54) is 18.2 Å². The largest absolute Gasteiger partial charge is 0.375 e. The Morgan fingerprint density at radius 1 is 1.38 bits per heavy atom. The summed E-state index contributed by atoms with van der Waals surface area (Å²) >= 11 is 0. The van der Waals surface area contributed by atoms with Gasteiger partial charge in [-0.25, -0.2) is 22.3 Å². The zero-order valence-corrected chi connectivity index (χ0v) is 11.9. The van der Waals surface area contributed by atoms with Gasteiger partial charge in [0, 0.05) is 13.0 Å². The second-order valence-electron chi connectivity index (χ2n) is 4.19. The minimum absolute atomic E-state index is 0.0467. The number of halogens is 2. The number of primary sulfonamides is 1. The lowest BCUT2D eigenvalue weighted by Gasteiger charge is -2.07. The van der Waals surface area contributed by atoms with Gasteiger partial charge < -0.3 is 10.1 Å². The summed E-state index contributed by atoms with van der Waals surface area (Å²) in [7, 11) is -3.79. The molecule has 0 saturated heterocycles. The van der Waals surface area contributed by atoms with Crippen LogP contribution in [0.3, 0.4) is 0 Å². The standard InChI is InChI=1S/C12H16F2N2O4S/c13-11(14)8-20-5-4-12(17)16-7-9-2-1-3-10(6-9)21(15,18)19/h1-3,6,11H,4-5,7-8H2,(H,16,17)(H2,15,18,19). The third-order valence-electron chi connectivity index (χ3n) is 2.43. The lowest BCUT2D eigenvalue weighted by Crippen LogP contribution is -2.24. The number of ether oxygens (including phenoxy) is 1. The highest BCUT2D eigenvalue weighted by Gasteiger charge is 2.09. The number of nitrogens with one attached hydrogen (secondary N) is 1. The molecule has 0 unspecified atom stereocenters. The van der Waals surface area contributed by atoms with Crippen molar-refractivity contribution in [1.82, 2.24) is 5.32 Å². The molecule has 0 fully saturated rings. The number of alkyl halides is 2. The van der Waals surface area contributed by atoms with Crippen molar-refractivity contribution >= 4 is 15.9 Å². The van der Waals surface area contributed by atoms with Crippen molar-refractivity contribution in [2.45, 2.75) is 24.3 Å². The first-order valence-electron chi connectivity index (χ1n) is 6.03. The van der Waals surface area contributed by atoms with Crippen LogP contribution in [0.25, 0.3) is 0 Å². The minimum atomic E-state index is -3.79.